The van der Waals surface area contributed by atoms with Crippen LogP contribution in [-0.2, 0) is 38.2 Å². The van der Waals surface area contributed by atoms with Crippen LogP contribution in [0.5, 0.6) is 5.75 Å². The van der Waals surface area contributed by atoms with E-state index in [2.05, 4.69) is 43.8 Å². The number of allylic oxidation sites excluding steroid dienone is 5. The molecule has 0 radical (unpaired) electrons. The van der Waals surface area contributed by atoms with E-state index in [0.29, 0.717) is 62.0 Å². The molecule has 4 fully saturated rings. The summed E-state index contributed by atoms with van der Waals surface area (Å²) in [7, 11) is 1.61. The average molecular weight is 1100 g/mol. The molecule has 4 aliphatic carbocycles. The van der Waals surface area contributed by atoms with Crippen LogP contribution in [0.3, 0.4) is 0 Å². The molecule has 11 rings (SSSR count). The van der Waals surface area contributed by atoms with Crippen LogP contribution in [0.25, 0.3) is 0 Å². The van der Waals surface area contributed by atoms with Gasteiger partial charge in [-0.3, -0.25) is 0 Å². The zero-order chi connectivity index (χ0) is 56.4. The lowest BCUT2D eigenvalue weighted by Gasteiger charge is -2.59. The molecule has 1 saturated heterocycles. The second-order valence-corrected chi connectivity index (χ2v) is 24.5. The molecule has 7 N–H and O–H groups in total. The number of carbonyl (C=O) groups is 1. The number of aromatic nitrogens is 1. The fourth-order valence-corrected chi connectivity index (χ4v) is 16.5. The monoisotopic (exact) mass is 1100 g/mol. The SMILES string of the molecule is C=CCc1ccc(OC2OC3C(CCCO)OC#CCC(O)C4CC2(OC(CCCCC)=C2C=CC5CC24CC2(O)CC(Cc4ccc(C(=O)O)cc4)C4(CCCC4)C52)C(O)C3O)cc1CC(COC)C(CO)n1ccc(C#N)c1. The summed E-state index contributed by atoms with van der Waals surface area (Å²) in [6, 6.07) is 16.3. The molecule has 8 aliphatic rings. The number of aromatic carboxylic acids is 1. The van der Waals surface area contributed by atoms with Crippen molar-refractivity contribution in [3.63, 3.8) is 0 Å². The summed E-state index contributed by atoms with van der Waals surface area (Å²) in [5, 5.41) is 93.2. The Balaban J connectivity index is 1.09. The Bertz CT molecular complexity index is 2860. The van der Waals surface area contributed by atoms with Gasteiger partial charge in [0, 0.05) is 56.7 Å². The van der Waals surface area contributed by atoms with Crippen LogP contribution in [0, 0.1) is 63.8 Å². The predicted molar refractivity (Wildman–Crippen MR) is 298 cm³/mol. The molecule has 5 bridgehead atoms. The van der Waals surface area contributed by atoms with Crippen molar-refractivity contribution in [2.24, 2.45) is 40.4 Å². The van der Waals surface area contributed by atoms with Gasteiger partial charge in [-0.1, -0.05) is 75.0 Å². The highest BCUT2D eigenvalue weighted by molar-refractivity contribution is 5.87. The Kier molecular flexibility index (Phi) is 17.4. The summed E-state index contributed by atoms with van der Waals surface area (Å²) < 4.78 is 35.7. The maximum Gasteiger partial charge on any atom is 0.335 e. The van der Waals surface area contributed by atoms with Crippen molar-refractivity contribution in [1.29, 1.82) is 5.26 Å². The van der Waals surface area contributed by atoms with E-state index in [0.717, 1.165) is 67.2 Å². The highest BCUT2D eigenvalue weighted by Crippen LogP contribution is 2.73. The number of methoxy groups -OCH3 is 1. The first-order valence-electron chi connectivity index (χ1n) is 29.4. The first-order valence-corrected chi connectivity index (χ1v) is 29.4. The fourth-order valence-electron chi connectivity index (χ4n) is 16.5. The van der Waals surface area contributed by atoms with Crippen LogP contribution in [0.4, 0.5) is 0 Å². The standard InChI is InChI=1S/C65H82N2O13/c1-4-6-7-14-54-50-23-21-45-33-63(50,40-64(75)34-48(62(58(45)64)25-8-9-26-62)30-41-16-18-44(19-17-41)60(73)74)51-35-65(80-54)59(72)56(71)57(55(15-10-28-68)77-29-11-13-53(51)70)79-61(65)78-49-22-20-43(12-5-2)46(32-49)31-47(39-76-3)52(38-69)67-27-24-42(36-66)37-67/h5,16-24,27,32,37,45,47-48,51-53,55-59,61,68-72,75H,2,4,6-10,12-15,25-26,28,30-31,33-35,38-40H2,1,3H3,(H,73,74). The summed E-state index contributed by atoms with van der Waals surface area (Å²) in [5.74, 6) is 2.09. The van der Waals surface area contributed by atoms with Crippen LogP contribution < -0.4 is 4.74 Å². The summed E-state index contributed by atoms with van der Waals surface area (Å²) in [6.07, 6.45) is 15.3. The Labute approximate surface area is 470 Å². The minimum atomic E-state index is -1.86. The van der Waals surface area contributed by atoms with Gasteiger partial charge in [0.15, 0.2) is 5.60 Å². The molecule has 2 aromatic carbocycles. The van der Waals surface area contributed by atoms with Crippen LogP contribution in [0.15, 0.2) is 97.1 Å². The number of nitriles is 1. The molecule has 430 valence electrons. The molecule has 4 aliphatic heterocycles. The average Bonchev–Trinajstić information content (AvgIpc) is 4.30. The molecule has 1 aromatic heterocycles. The number of aliphatic hydroxyl groups excluding tert-OH is 5. The quantitative estimate of drug-likeness (QED) is 0.0302. The molecular weight excluding hydrogens is 1020 g/mol. The number of hydrogen-bond acceptors (Lipinski definition) is 13. The van der Waals surface area contributed by atoms with Gasteiger partial charge in [-0.15, -0.1) is 6.58 Å². The second-order valence-electron chi connectivity index (χ2n) is 24.5. The lowest BCUT2D eigenvalue weighted by molar-refractivity contribution is -0.337. The molecule has 80 heavy (non-hydrogen) atoms. The summed E-state index contributed by atoms with van der Waals surface area (Å²) in [4.78, 5) is 11.9. The van der Waals surface area contributed by atoms with E-state index in [1.165, 1.54) is 0 Å². The third-order valence-electron chi connectivity index (χ3n) is 19.9. The number of nitrogens with zero attached hydrogens (tertiary/aromatic N) is 2. The lowest BCUT2D eigenvalue weighted by atomic mass is 9.46. The number of benzene rings is 2. The van der Waals surface area contributed by atoms with Crippen molar-refractivity contribution in [1.82, 2.24) is 4.57 Å². The summed E-state index contributed by atoms with van der Waals surface area (Å²) in [6.45, 7) is 6.08. The molecule has 15 nitrogen and oxygen atoms in total. The zero-order valence-electron chi connectivity index (χ0n) is 46.5. The third-order valence-corrected chi connectivity index (χ3v) is 19.9. The Hall–Kier alpha value is -5.46. The molecule has 3 spiro atoms. The van der Waals surface area contributed by atoms with Crippen LogP contribution in [0.1, 0.15) is 142 Å². The molecule has 15 heteroatoms. The normalized spacial score (nSPS) is 33.5. The second kappa shape index (κ2) is 24.2. The van der Waals surface area contributed by atoms with E-state index >= 15 is 0 Å². The van der Waals surface area contributed by atoms with E-state index in [1.54, 1.807) is 37.7 Å². The van der Waals surface area contributed by atoms with Gasteiger partial charge >= 0.3 is 5.97 Å². The van der Waals surface area contributed by atoms with Gasteiger partial charge in [-0.25, -0.2) is 4.79 Å². The minimum Gasteiger partial charge on any atom is -0.482 e. The summed E-state index contributed by atoms with van der Waals surface area (Å²) in [5.41, 5.74) is 0.342. The predicted octanol–water partition coefficient (Wildman–Crippen LogP) is 8.28. The van der Waals surface area contributed by atoms with Gasteiger partial charge < -0.3 is 64.0 Å². The smallest absolute Gasteiger partial charge is 0.335 e. The minimum absolute atomic E-state index is 0.00490. The lowest BCUT2D eigenvalue weighted by Crippen LogP contribution is -2.71. The van der Waals surface area contributed by atoms with Gasteiger partial charge in [0.25, 0.3) is 0 Å². The van der Waals surface area contributed by atoms with Gasteiger partial charge in [0.05, 0.1) is 42.1 Å². The first kappa shape index (κ1) is 57.8. The van der Waals surface area contributed by atoms with Gasteiger partial charge in [-0.05, 0) is 152 Å². The largest absolute Gasteiger partial charge is 0.482 e. The topological polar surface area (TPSA) is 234 Å². The Morgan fingerprint density at radius 1 is 1.04 bits per heavy atom. The van der Waals surface area contributed by atoms with Crippen LogP contribution in [0.2, 0.25) is 0 Å². The zero-order valence-corrected chi connectivity index (χ0v) is 46.5. The Morgan fingerprint density at radius 2 is 1.84 bits per heavy atom. The van der Waals surface area contributed by atoms with E-state index in [-0.39, 0.29) is 80.2 Å². The number of carboxylic acids is 1. The van der Waals surface area contributed by atoms with Gasteiger partial charge in [-0.2, -0.15) is 5.26 Å². The van der Waals surface area contributed by atoms with Crippen LogP contribution in [-0.4, -0.2) is 121 Å². The number of unbranched alkanes of at least 4 members (excludes halogenated alkanes) is 2. The molecule has 3 saturated carbocycles. The molecule has 15 atom stereocenters. The number of ether oxygens (including phenoxy) is 5. The highest BCUT2D eigenvalue weighted by atomic mass is 16.7. The maximum absolute atomic E-state index is 13.9. The maximum atomic E-state index is 13.9. The number of fused-ring (bicyclic) bond motifs is 10. The van der Waals surface area contributed by atoms with Crippen molar-refractivity contribution >= 4 is 5.97 Å². The third kappa shape index (κ3) is 10.7. The van der Waals surface area contributed by atoms with E-state index in [4.69, 9.17) is 23.7 Å². The fraction of sp³-hybridized carbons (Fsp3) is 0.600. The molecular formula is C65H82N2O13. The van der Waals surface area contributed by atoms with Crippen molar-refractivity contribution in [3.05, 3.63) is 125 Å². The van der Waals surface area contributed by atoms with Gasteiger partial charge in [0.2, 0.25) is 6.29 Å². The molecule has 3 aromatic rings. The highest BCUT2D eigenvalue weighted by Gasteiger charge is 2.72. The number of aliphatic hydroxyl groups is 6. The van der Waals surface area contributed by atoms with Crippen molar-refractivity contribution < 1.29 is 64.2 Å². The number of hydrogen-bond donors (Lipinski definition) is 7. The Morgan fingerprint density at radius 3 is 2.54 bits per heavy atom. The molecule has 0 amide bonds. The van der Waals surface area contributed by atoms with E-state index < -0.39 is 71.4 Å². The van der Waals surface area contributed by atoms with E-state index in [1.807, 2.05) is 41.0 Å². The summed E-state index contributed by atoms with van der Waals surface area (Å²) >= 11 is 0. The molecule has 5 heterocycles. The number of rotatable bonds is 21. The van der Waals surface area contributed by atoms with E-state index in [9.17, 15) is 45.8 Å². The molecule has 15 unspecified atom stereocenters. The van der Waals surface area contributed by atoms with Crippen molar-refractivity contribution in [2.45, 2.75) is 177 Å². The van der Waals surface area contributed by atoms with Gasteiger partial charge in [0.1, 0.15) is 48.1 Å². The number of carboxylic acid groups (broad SMARTS) is 1. The van der Waals surface area contributed by atoms with Crippen molar-refractivity contribution in [2.75, 3.05) is 26.9 Å². The first-order chi connectivity index (χ1) is 38.7. The van der Waals surface area contributed by atoms with Crippen LogP contribution >= 0.6 is 0 Å². The van der Waals surface area contributed by atoms with Crippen molar-refractivity contribution in [3.8, 4) is 23.8 Å².